The number of amides is 2. The molecule has 134 valence electrons. The van der Waals surface area contributed by atoms with E-state index < -0.39 is 11.9 Å². The van der Waals surface area contributed by atoms with Crippen molar-refractivity contribution in [3.8, 4) is 0 Å². The summed E-state index contributed by atoms with van der Waals surface area (Å²) in [5.41, 5.74) is 0.478. The number of hydrogen-bond donors (Lipinski definition) is 1. The van der Waals surface area contributed by atoms with E-state index in [0.29, 0.717) is 10.7 Å². The first-order chi connectivity index (χ1) is 12.0. The minimum atomic E-state index is -0.440. The summed E-state index contributed by atoms with van der Waals surface area (Å²) in [5, 5.41) is 3.05. The van der Waals surface area contributed by atoms with Crippen molar-refractivity contribution < 1.29 is 19.1 Å². The molecule has 1 aromatic rings. The Labute approximate surface area is 151 Å². The molecule has 1 aliphatic rings. The predicted molar refractivity (Wildman–Crippen MR) is 95.2 cm³/mol. The molecule has 1 N–H and O–H groups in total. The molecule has 2 rings (SSSR count). The van der Waals surface area contributed by atoms with E-state index in [2.05, 4.69) is 5.32 Å². The van der Waals surface area contributed by atoms with Crippen LogP contribution in [0.1, 0.15) is 19.3 Å². The highest BCUT2D eigenvalue weighted by Crippen LogP contribution is 2.21. The lowest BCUT2D eigenvalue weighted by Gasteiger charge is -2.17. The van der Waals surface area contributed by atoms with Crippen LogP contribution in [0.4, 0.5) is 5.69 Å². The van der Waals surface area contributed by atoms with E-state index in [1.54, 1.807) is 24.3 Å². The van der Waals surface area contributed by atoms with E-state index in [0.717, 1.165) is 12.8 Å². The summed E-state index contributed by atoms with van der Waals surface area (Å²) in [6.45, 7) is -0.530. The maximum absolute atomic E-state index is 12.0. The summed E-state index contributed by atoms with van der Waals surface area (Å²) in [4.78, 5) is 36.8. The average molecular weight is 365 g/mol. The van der Waals surface area contributed by atoms with Gasteiger partial charge in [-0.2, -0.15) is 0 Å². The van der Waals surface area contributed by atoms with Crippen LogP contribution >= 0.6 is 11.6 Å². The first kappa shape index (κ1) is 19.0. The van der Waals surface area contributed by atoms with Crippen LogP contribution in [0.15, 0.2) is 36.4 Å². The van der Waals surface area contributed by atoms with Gasteiger partial charge in [-0.05, 0) is 30.9 Å². The molecule has 0 bridgehead atoms. The number of allylic oxidation sites excluding steroid dienone is 2. The van der Waals surface area contributed by atoms with E-state index in [1.807, 2.05) is 12.2 Å². The zero-order chi connectivity index (χ0) is 18.2. The van der Waals surface area contributed by atoms with Crippen molar-refractivity contribution in [2.24, 2.45) is 5.92 Å². The zero-order valence-electron chi connectivity index (χ0n) is 14.0. The maximum Gasteiger partial charge on any atom is 0.306 e. The first-order valence-corrected chi connectivity index (χ1v) is 8.44. The van der Waals surface area contributed by atoms with E-state index in [-0.39, 0.29) is 31.4 Å². The van der Waals surface area contributed by atoms with Gasteiger partial charge in [0.1, 0.15) is 0 Å². The Balaban J connectivity index is 1.72. The highest BCUT2D eigenvalue weighted by molar-refractivity contribution is 6.33. The maximum atomic E-state index is 12.0. The molecule has 0 aromatic heterocycles. The number of ether oxygens (including phenoxy) is 1. The standard InChI is InChI=1S/C18H21ClN2O4/c1-21(11-16(22)20-15-9-5-4-8-14(15)19)17(23)12-25-18(24)10-13-6-2-3-7-13/h2,4-6,8-9,13H,3,7,10-12H2,1H3,(H,20,22)/t13-/m1/s1. The summed E-state index contributed by atoms with van der Waals surface area (Å²) < 4.78 is 4.99. The summed E-state index contributed by atoms with van der Waals surface area (Å²) >= 11 is 5.96. The molecule has 0 spiro atoms. The van der Waals surface area contributed by atoms with Crippen molar-refractivity contribution in [3.05, 3.63) is 41.4 Å². The lowest BCUT2D eigenvalue weighted by atomic mass is 10.1. The molecular weight excluding hydrogens is 344 g/mol. The van der Waals surface area contributed by atoms with E-state index in [9.17, 15) is 14.4 Å². The number of likely N-dealkylation sites (N-methyl/N-ethyl adjacent to an activating group) is 1. The molecule has 0 heterocycles. The average Bonchev–Trinajstić information content (AvgIpc) is 3.07. The van der Waals surface area contributed by atoms with Crippen LogP contribution in [0.2, 0.25) is 5.02 Å². The summed E-state index contributed by atoms with van der Waals surface area (Å²) in [7, 11) is 1.47. The fraction of sp³-hybridized carbons (Fsp3) is 0.389. The number of esters is 1. The molecule has 0 unspecified atom stereocenters. The Morgan fingerprint density at radius 3 is 2.76 bits per heavy atom. The van der Waals surface area contributed by atoms with Crippen LogP contribution in [0.25, 0.3) is 0 Å². The van der Waals surface area contributed by atoms with Crippen molar-refractivity contribution in [1.29, 1.82) is 0 Å². The smallest absolute Gasteiger partial charge is 0.306 e. The van der Waals surface area contributed by atoms with Gasteiger partial charge in [0.15, 0.2) is 6.61 Å². The van der Waals surface area contributed by atoms with Gasteiger partial charge in [0.05, 0.1) is 23.7 Å². The van der Waals surface area contributed by atoms with Gasteiger partial charge < -0.3 is 15.0 Å². The van der Waals surface area contributed by atoms with Crippen LogP contribution in [0, 0.1) is 5.92 Å². The van der Waals surface area contributed by atoms with E-state index in [4.69, 9.17) is 16.3 Å². The Morgan fingerprint density at radius 2 is 2.08 bits per heavy atom. The first-order valence-electron chi connectivity index (χ1n) is 8.06. The fourth-order valence-corrected chi connectivity index (χ4v) is 2.63. The molecule has 25 heavy (non-hydrogen) atoms. The molecule has 7 heteroatoms. The molecule has 0 radical (unpaired) electrons. The second-order valence-corrected chi connectivity index (χ2v) is 6.32. The van der Waals surface area contributed by atoms with Gasteiger partial charge in [-0.1, -0.05) is 35.9 Å². The van der Waals surface area contributed by atoms with Crippen molar-refractivity contribution in [3.63, 3.8) is 0 Å². The number of para-hydroxylation sites is 1. The Hall–Kier alpha value is -2.34. The number of carbonyl (C=O) groups is 3. The Bertz CT molecular complexity index is 675. The minimum Gasteiger partial charge on any atom is -0.456 e. The Kier molecular flexibility index (Phi) is 7.01. The molecule has 2 amide bonds. The van der Waals surface area contributed by atoms with Crippen LogP contribution in [0.3, 0.4) is 0 Å². The van der Waals surface area contributed by atoms with E-state index in [1.165, 1.54) is 11.9 Å². The normalized spacial score (nSPS) is 15.7. The number of rotatable bonds is 7. The summed E-state index contributed by atoms with van der Waals surface area (Å²) in [5.74, 6) is -1.03. The predicted octanol–water partition coefficient (Wildman–Crippen LogP) is 2.64. The molecule has 0 aliphatic heterocycles. The van der Waals surface area contributed by atoms with Crippen LogP contribution in [-0.2, 0) is 19.1 Å². The van der Waals surface area contributed by atoms with Crippen molar-refractivity contribution in [1.82, 2.24) is 4.90 Å². The molecule has 0 saturated heterocycles. The van der Waals surface area contributed by atoms with Gasteiger partial charge in [-0.15, -0.1) is 0 Å². The molecule has 1 aromatic carbocycles. The number of nitrogens with one attached hydrogen (secondary N) is 1. The molecule has 1 atom stereocenters. The lowest BCUT2D eigenvalue weighted by Crippen LogP contribution is -2.37. The highest BCUT2D eigenvalue weighted by Gasteiger charge is 2.18. The SMILES string of the molecule is CN(CC(=O)Nc1ccccc1Cl)C(=O)COC(=O)C[C@@H]1C=CCC1. The van der Waals surface area contributed by atoms with Crippen LogP contribution in [-0.4, -0.2) is 42.9 Å². The van der Waals surface area contributed by atoms with Gasteiger partial charge in [0.25, 0.3) is 5.91 Å². The molecular formula is C18H21ClN2O4. The molecule has 0 saturated carbocycles. The number of anilines is 1. The van der Waals surface area contributed by atoms with Crippen molar-refractivity contribution in [2.75, 3.05) is 25.5 Å². The highest BCUT2D eigenvalue weighted by atomic mass is 35.5. The quantitative estimate of drug-likeness (QED) is 0.596. The third-order valence-electron chi connectivity index (χ3n) is 3.85. The summed E-state index contributed by atoms with van der Waals surface area (Å²) in [6.07, 6.45) is 6.22. The summed E-state index contributed by atoms with van der Waals surface area (Å²) in [6, 6.07) is 6.82. The van der Waals surface area contributed by atoms with Crippen molar-refractivity contribution >= 4 is 35.1 Å². The molecule has 6 nitrogen and oxygen atoms in total. The largest absolute Gasteiger partial charge is 0.456 e. The minimum absolute atomic E-state index is 0.160. The lowest BCUT2D eigenvalue weighted by molar-refractivity contribution is -0.152. The zero-order valence-corrected chi connectivity index (χ0v) is 14.8. The van der Waals surface area contributed by atoms with Gasteiger partial charge in [0.2, 0.25) is 5.91 Å². The molecule has 1 aliphatic carbocycles. The van der Waals surface area contributed by atoms with Crippen LogP contribution in [0.5, 0.6) is 0 Å². The second kappa shape index (κ2) is 9.22. The Morgan fingerprint density at radius 1 is 1.32 bits per heavy atom. The third kappa shape index (κ3) is 6.23. The third-order valence-corrected chi connectivity index (χ3v) is 4.18. The van der Waals surface area contributed by atoms with Gasteiger partial charge >= 0.3 is 5.97 Å². The number of hydrogen-bond acceptors (Lipinski definition) is 4. The van der Waals surface area contributed by atoms with E-state index >= 15 is 0 Å². The van der Waals surface area contributed by atoms with Gasteiger partial charge in [-0.25, -0.2) is 0 Å². The number of benzene rings is 1. The van der Waals surface area contributed by atoms with Gasteiger partial charge in [-0.3, -0.25) is 14.4 Å². The number of nitrogens with zero attached hydrogens (tertiary/aromatic N) is 1. The topological polar surface area (TPSA) is 75.7 Å². The van der Waals surface area contributed by atoms with Crippen molar-refractivity contribution in [2.45, 2.75) is 19.3 Å². The number of halogens is 1. The molecule has 0 fully saturated rings. The van der Waals surface area contributed by atoms with Crippen LogP contribution < -0.4 is 5.32 Å². The second-order valence-electron chi connectivity index (χ2n) is 5.91. The van der Waals surface area contributed by atoms with Gasteiger partial charge in [0, 0.05) is 7.05 Å². The fourth-order valence-electron chi connectivity index (χ4n) is 2.45. The monoisotopic (exact) mass is 364 g/mol. The number of carbonyl (C=O) groups excluding carboxylic acids is 3.